The van der Waals surface area contributed by atoms with Crippen LogP contribution < -0.4 is 5.32 Å². The molecule has 1 N–H and O–H groups in total. The normalized spacial score (nSPS) is 29.0. The van der Waals surface area contributed by atoms with Gasteiger partial charge < -0.3 is 5.32 Å². The smallest absolute Gasteiger partial charge is 0.239 e. The van der Waals surface area contributed by atoms with E-state index >= 15 is 0 Å². The number of fused-ring (bicyclic) bond motifs is 2. The van der Waals surface area contributed by atoms with Crippen molar-refractivity contribution in [3.63, 3.8) is 0 Å². The molecule has 0 heterocycles. The highest BCUT2D eigenvalue weighted by atomic mass is 79.9. The van der Waals surface area contributed by atoms with Gasteiger partial charge in [0, 0.05) is 10.4 Å². The van der Waals surface area contributed by atoms with Gasteiger partial charge in [-0.25, -0.2) is 4.39 Å². The summed E-state index contributed by atoms with van der Waals surface area (Å²) in [6, 6.07) is 3.88. The van der Waals surface area contributed by atoms with Crippen molar-refractivity contribution in [1.29, 1.82) is 0 Å². The van der Waals surface area contributed by atoms with Crippen LogP contribution in [0.25, 0.3) is 0 Å². The van der Waals surface area contributed by atoms with Crippen molar-refractivity contribution < 1.29 is 18.8 Å². The Morgan fingerprint density at radius 1 is 1.36 bits per heavy atom. The fourth-order valence-corrected chi connectivity index (χ4v) is 4.35. The summed E-state index contributed by atoms with van der Waals surface area (Å²) in [5.41, 5.74) is -1.63. The molecule has 2 saturated carbocycles. The Balaban J connectivity index is 1.98. The molecule has 0 aliphatic heterocycles. The second-order valence-electron chi connectivity index (χ2n) is 6.49. The number of carbonyl (C=O) groups excluding carboxylic acids is 3. The summed E-state index contributed by atoms with van der Waals surface area (Å²) in [6.45, 7) is 3.60. The molecule has 1 amide bonds. The van der Waals surface area contributed by atoms with Gasteiger partial charge in [-0.15, -0.1) is 0 Å². The van der Waals surface area contributed by atoms with Crippen LogP contribution in [0.3, 0.4) is 0 Å². The Labute approximate surface area is 135 Å². The zero-order chi connectivity index (χ0) is 16.3. The third-order valence-electron chi connectivity index (χ3n) is 5.27. The lowest BCUT2D eigenvalue weighted by atomic mass is 9.68. The van der Waals surface area contributed by atoms with E-state index in [1.807, 2.05) is 0 Å². The molecule has 4 nitrogen and oxygen atoms in total. The molecular formula is C16H15BrFNO3. The zero-order valence-corrected chi connectivity index (χ0v) is 13.8. The highest BCUT2D eigenvalue weighted by Gasteiger charge is 2.72. The largest absolute Gasteiger partial charge is 0.324 e. The Hall–Kier alpha value is -1.56. The van der Waals surface area contributed by atoms with Gasteiger partial charge in [-0.3, -0.25) is 14.4 Å². The Bertz CT molecular complexity index is 715. The molecule has 0 aromatic heterocycles. The van der Waals surface area contributed by atoms with Crippen LogP contribution in [-0.2, 0) is 14.4 Å². The molecule has 0 spiro atoms. The fourth-order valence-electron chi connectivity index (χ4n) is 3.90. The number of ketones is 2. The predicted octanol–water partition coefficient (Wildman–Crippen LogP) is 3.10. The minimum absolute atomic E-state index is 0.375. The van der Waals surface area contributed by atoms with Crippen LogP contribution in [0.1, 0.15) is 26.7 Å². The van der Waals surface area contributed by atoms with Gasteiger partial charge in [0.2, 0.25) is 17.5 Å². The van der Waals surface area contributed by atoms with Crippen molar-refractivity contribution in [2.75, 3.05) is 5.32 Å². The van der Waals surface area contributed by atoms with E-state index in [4.69, 9.17) is 0 Å². The molecule has 1 aromatic carbocycles. The first kappa shape index (κ1) is 15.3. The molecule has 2 bridgehead atoms. The third-order valence-corrected chi connectivity index (χ3v) is 5.93. The predicted molar refractivity (Wildman–Crippen MR) is 81.7 cm³/mol. The lowest BCUT2D eigenvalue weighted by Gasteiger charge is -2.33. The van der Waals surface area contributed by atoms with E-state index in [1.54, 1.807) is 13.8 Å². The number of rotatable bonds is 2. The van der Waals surface area contributed by atoms with Gasteiger partial charge in [-0.2, -0.15) is 0 Å². The molecule has 116 valence electrons. The topological polar surface area (TPSA) is 63.2 Å². The van der Waals surface area contributed by atoms with Crippen LogP contribution in [0.15, 0.2) is 22.7 Å². The van der Waals surface area contributed by atoms with Crippen LogP contribution in [0, 0.1) is 22.6 Å². The van der Waals surface area contributed by atoms with E-state index in [0.29, 0.717) is 23.0 Å². The maximum absolute atomic E-state index is 13.1. The Morgan fingerprint density at radius 2 is 2.05 bits per heavy atom. The summed E-state index contributed by atoms with van der Waals surface area (Å²) in [5, 5.41) is 2.68. The summed E-state index contributed by atoms with van der Waals surface area (Å²) in [6.07, 6.45) is 0.926. The number of benzene rings is 1. The van der Waals surface area contributed by atoms with Gasteiger partial charge in [0.05, 0.1) is 5.69 Å². The number of hydrogen-bond donors (Lipinski definition) is 1. The van der Waals surface area contributed by atoms with Gasteiger partial charge in [0.25, 0.3) is 0 Å². The molecule has 2 fully saturated rings. The average Bonchev–Trinajstić information content (AvgIpc) is 2.78. The number of Topliss-reactive ketones (excluding diaryl/α,β-unsaturated/α-hetero) is 2. The van der Waals surface area contributed by atoms with Gasteiger partial charge in [0.15, 0.2) is 0 Å². The van der Waals surface area contributed by atoms with Crippen LogP contribution in [-0.4, -0.2) is 17.5 Å². The molecule has 2 aliphatic rings. The molecule has 0 saturated heterocycles. The minimum Gasteiger partial charge on any atom is -0.324 e. The maximum atomic E-state index is 13.1. The van der Waals surface area contributed by atoms with Crippen LogP contribution in [0.5, 0.6) is 0 Å². The summed E-state index contributed by atoms with van der Waals surface area (Å²) >= 11 is 3.18. The maximum Gasteiger partial charge on any atom is 0.239 e. The van der Waals surface area contributed by atoms with Crippen LogP contribution >= 0.6 is 15.9 Å². The number of amides is 1. The molecule has 3 rings (SSSR count). The minimum atomic E-state index is -1.32. The highest BCUT2D eigenvalue weighted by Crippen LogP contribution is 2.62. The van der Waals surface area contributed by atoms with Crippen LogP contribution in [0.4, 0.5) is 10.1 Å². The van der Waals surface area contributed by atoms with E-state index in [1.165, 1.54) is 18.2 Å². The first-order valence-corrected chi connectivity index (χ1v) is 7.86. The second-order valence-corrected chi connectivity index (χ2v) is 7.34. The number of carbonyl (C=O) groups is 3. The molecule has 0 unspecified atom stereocenters. The van der Waals surface area contributed by atoms with Crippen molar-refractivity contribution in [1.82, 2.24) is 0 Å². The Kier molecular flexibility index (Phi) is 3.29. The highest BCUT2D eigenvalue weighted by molar-refractivity contribution is 9.10. The van der Waals surface area contributed by atoms with Gasteiger partial charge >= 0.3 is 0 Å². The number of halogens is 2. The molecule has 2 aliphatic carbocycles. The van der Waals surface area contributed by atoms with Crippen LogP contribution in [0.2, 0.25) is 0 Å². The van der Waals surface area contributed by atoms with E-state index in [2.05, 4.69) is 21.2 Å². The molecule has 0 radical (unpaired) electrons. The lowest BCUT2D eigenvalue weighted by molar-refractivity contribution is -0.147. The van der Waals surface area contributed by atoms with E-state index < -0.39 is 34.1 Å². The molecule has 22 heavy (non-hydrogen) atoms. The van der Waals surface area contributed by atoms with Gasteiger partial charge in [-0.1, -0.05) is 13.8 Å². The van der Waals surface area contributed by atoms with Gasteiger partial charge in [-0.05, 0) is 52.4 Å². The third kappa shape index (κ3) is 1.76. The van der Waals surface area contributed by atoms with Crippen molar-refractivity contribution in [3.8, 4) is 0 Å². The fraction of sp³-hybridized carbons (Fsp3) is 0.438. The molecule has 1 aromatic rings. The quantitative estimate of drug-likeness (QED) is 0.645. The summed E-state index contributed by atoms with van der Waals surface area (Å²) in [5.74, 6) is -2.34. The SMILES string of the molecule is CC1(C)[C@H]2CC[C@@]1(C(=O)Nc1ccc(F)cc1Br)C(=O)C2=O. The van der Waals surface area contributed by atoms with Gasteiger partial charge in [0.1, 0.15) is 11.2 Å². The average molecular weight is 368 g/mol. The summed E-state index contributed by atoms with van der Waals surface area (Å²) < 4.78 is 13.5. The number of nitrogens with one attached hydrogen (secondary N) is 1. The standard InChI is InChI=1S/C16H15BrFNO3/c1-15(2)9-5-6-16(15,13(21)12(9)20)14(22)19-11-4-3-8(18)7-10(11)17/h3-4,7,9H,5-6H2,1-2H3,(H,19,22)/t9-,16-/m0/s1. The first-order chi connectivity index (χ1) is 10.2. The molecular weight excluding hydrogens is 353 g/mol. The van der Waals surface area contributed by atoms with Crippen molar-refractivity contribution in [3.05, 3.63) is 28.5 Å². The van der Waals surface area contributed by atoms with Crippen molar-refractivity contribution in [2.45, 2.75) is 26.7 Å². The Morgan fingerprint density at radius 3 is 2.59 bits per heavy atom. The number of hydrogen-bond acceptors (Lipinski definition) is 3. The zero-order valence-electron chi connectivity index (χ0n) is 12.2. The summed E-state index contributed by atoms with van der Waals surface area (Å²) in [7, 11) is 0. The van der Waals surface area contributed by atoms with E-state index in [0.717, 1.165) is 0 Å². The van der Waals surface area contributed by atoms with E-state index in [9.17, 15) is 18.8 Å². The molecule has 2 atom stereocenters. The van der Waals surface area contributed by atoms with E-state index in [-0.39, 0.29) is 5.92 Å². The summed E-state index contributed by atoms with van der Waals surface area (Å²) in [4.78, 5) is 37.3. The van der Waals surface area contributed by atoms with Crippen molar-refractivity contribution in [2.24, 2.45) is 16.7 Å². The first-order valence-electron chi connectivity index (χ1n) is 7.07. The second kappa shape index (κ2) is 4.72. The van der Waals surface area contributed by atoms with Crippen molar-refractivity contribution >= 4 is 39.1 Å². The molecule has 6 heteroatoms. The number of anilines is 1. The monoisotopic (exact) mass is 367 g/mol. The lowest BCUT2D eigenvalue weighted by Crippen LogP contribution is -2.47.